The van der Waals surface area contributed by atoms with Gasteiger partial charge < -0.3 is 9.47 Å². The third-order valence-corrected chi connectivity index (χ3v) is 3.66. The first-order chi connectivity index (χ1) is 10.1. The average Bonchev–Trinajstić information content (AvgIpc) is 2.74. The van der Waals surface area contributed by atoms with Gasteiger partial charge in [0.1, 0.15) is 23.9 Å². The molecule has 1 aromatic carbocycles. The summed E-state index contributed by atoms with van der Waals surface area (Å²) in [5, 5.41) is 10.4. The standard InChI is InChI=1S/C15H14ClN5/c1-20(2)8-10-3-4-12-11(7-10)13-14(21(12)6-5-17)15(16)19-9-18-13/h3-4,7,9H,6,8H2,1-2H3. The second-order valence-electron chi connectivity index (χ2n) is 5.20. The molecule has 2 aromatic heterocycles. The summed E-state index contributed by atoms with van der Waals surface area (Å²) in [6.07, 6.45) is 1.46. The maximum Gasteiger partial charge on any atom is 0.156 e. The van der Waals surface area contributed by atoms with E-state index in [2.05, 4.69) is 33.1 Å². The highest BCUT2D eigenvalue weighted by Crippen LogP contribution is 2.31. The summed E-state index contributed by atoms with van der Waals surface area (Å²) in [6.45, 7) is 1.07. The first-order valence-electron chi connectivity index (χ1n) is 6.55. The highest BCUT2D eigenvalue weighted by Gasteiger charge is 2.15. The van der Waals surface area contributed by atoms with Crippen LogP contribution in [0, 0.1) is 11.3 Å². The molecule has 3 aromatic rings. The lowest BCUT2D eigenvalue weighted by Gasteiger charge is -2.09. The summed E-state index contributed by atoms with van der Waals surface area (Å²) in [6, 6.07) is 8.36. The van der Waals surface area contributed by atoms with Crippen molar-refractivity contribution in [3.8, 4) is 6.07 Å². The lowest BCUT2D eigenvalue weighted by molar-refractivity contribution is 0.403. The fraction of sp³-hybridized carbons (Fsp3) is 0.267. The molecular weight excluding hydrogens is 286 g/mol. The van der Waals surface area contributed by atoms with Crippen LogP contribution in [0.15, 0.2) is 24.5 Å². The van der Waals surface area contributed by atoms with Gasteiger partial charge in [0.05, 0.1) is 11.6 Å². The van der Waals surface area contributed by atoms with Crippen molar-refractivity contribution < 1.29 is 0 Å². The molecule has 0 N–H and O–H groups in total. The predicted octanol–water partition coefficient (Wildman–Crippen LogP) is 2.82. The van der Waals surface area contributed by atoms with Crippen LogP contribution in [0.2, 0.25) is 5.15 Å². The van der Waals surface area contributed by atoms with Crippen LogP contribution in [0.4, 0.5) is 0 Å². The number of hydrogen-bond donors (Lipinski definition) is 0. The van der Waals surface area contributed by atoms with Gasteiger partial charge in [-0.05, 0) is 31.8 Å². The quantitative estimate of drug-likeness (QED) is 0.698. The molecule has 0 aliphatic rings. The largest absolute Gasteiger partial charge is 0.323 e. The minimum atomic E-state index is 0.222. The Labute approximate surface area is 127 Å². The van der Waals surface area contributed by atoms with Crippen LogP contribution in [-0.2, 0) is 13.1 Å². The molecule has 3 rings (SSSR count). The number of hydrogen-bond acceptors (Lipinski definition) is 4. The molecule has 0 unspecified atom stereocenters. The van der Waals surface area contributed by atoms with E-state index >= 15 is 0 Å². The lowest BCUT2D eigenvalue weighted by Crippen LogP contribution is -2.10. The Morgan fingerprint density at radius 1 is 1.33 bits per heavy atom. The Balaban J connectivity index is 2.35. The number of fused-ring (bicyclic) bond motifs is 3. The van der Waals surface area contributed by atoms with Gasteiger partial charge in [-0.1, -0.05) is 17.7 Å². The summed E-state index contributed by atoms with van der Waals surface area (Å²) in [5.41, 5.74) is 3.66. The van der Waals surface area contributed by atoms with E-state index in [0.717, 1.165) is 28.5 Å². The molecule has 0 atom stereocenters. The van der Waals surface area contributed by atoms with E-state index in [-0.39, 0.29) is 6.54 Å². The maximum absolute atomic E-state index is 9.06. The zero-order valence-electron chi connectivity index (χ0n) is 11.8. The van der Waals surface area contributed by atoms with Gasteiger partial charge in [-0.3, -0.25) is 0 Å². The van der Waals surface area contributed by atoms with Gasteiger partial charge in [0, 0.05) is 11.9 Å². The fourth-order valence-electron chi connectivity index (χ4n) is 2.62. The van der Waals surface area contributed by atoms with E-state index in [4.69, 9.17) is 16.9 Å². The van der Waals surface area contributed by atoms with Crippen molar-refractivity contribution >= 4 is 33.5 Å². The molecule has 0 aliphatic heterocycles. The highest BCUT2D eigenvalue weighted by atomic mass is 35.5. The third-order valence-electron chi connectivity index (χ3n) is 3.38. The van der Waals surface area contributed by atoms with Crippen LogP contribution in [0.5, 0.6) is 0 Å². The first-order valence-corrected chi connectivity index (χ1v) is 6.92. The summed E-state index contributed by atoms with van der Waals surface area (Å²) in [4.78, 5) is 10.5. The Bertz CT molecular complexity index is 860. The molecule has 0 radical (unpaired) electrons. The van der Waals surface area contributed by atoms with Gasteiger partial charge in [0.25, 0.3) is 0 Å². The topological polar surface area (TPSA) is 57.7 Å². The monoisotopic (exact) mass is 299 g/mol. The molecule has 0 spiro atoms. The molecule has 0 bridgehead atoms. The molecule has 21 heavy (non-hydrogen) atoms. The van der Waals surface area contributed by atoms with Crippen molar-refractivity contribution in [3.63, 3.8) is 0 Å². The molecule has 0 amide bonds. The molecule has 106 valence electrons. The molecule has 6 heteroatoms. The van der Waals surface area contributed by atoms with Gasteiger partial charge in [-0.2, -0.15) is 5.26 Å². The predicted molar refractivity (Wildman–Crippen MR) is 83.0 cm³/mol. The summed E-state index contributed by atoms with van der Waals surface area (Å²) in [5.74, 6) is 0. The Hall–Kier alpha value is -2.16. The normalized spacial score (nSPS) is 11.4. The minimum absolute atomic E-state index is 0.222. The van der Waals surface area contributed by atoms with Crippen LogP contribution in [0.25, 0.3) is 21.9 Å². The van der Waals surface area contributed by atoms with E-state index in [1.54, 1.807) is 0 Å². The van der Waals surface area contributed by atoms with Gasteiger partial charge in [-0.15, -0.1) is 0 Å². The molecule has 2 heterocycles. The highest BCUT2D eigenvalue weighted by molar-refractivity contribution is 6.34. The van der Waals surface area contributed by atoms with Crippen molar-refractivity contribution in [1.29, 1.82) is 5.26 Å². The second kappa shape index (κ2) is 5.32. The number of benzene rings is 1. The fourth-order valence-corrected chi connectivity index (χ4v) is 2.86. The number of rotatable bonds is 3. The first kappa shape index (κ1) is 13.8. The van der Waals surface area contributed by atoms with Crippen molar-refractivity contribution in [2.24, 2.45) is 0 Å². The van der Waals surface area contributed by atoms with Crippen molar-refractivity contribution in [2.45, 2.75) is 13.1 Å². The summed E-state index contributed by atoms with van der Waals surface area (Å²) < 4.78 is 1.87. The van der Waals surface area contributed by atoms with E-state index < -0.39 is 0 Å². The molecular formula is C15H14ClN5. The Morgan fingerprint density at radius 3 is 2.86 bits per heavy atom. The second-order valence-corrected chi connectivity index (χ2v) is 5.55. The zero-order chi connectivity index (χ0) is 15.0. The maximum atomic E-state index is 9.06. The van der Waals surface area contributed by atoms with Gasteiger partial charge >= 0.3 is 0 Å². The zero-order valence-corrected chi connectivity index (χ0v) is 12.6. The van der Waals surface area contributed by atoms with Crippen LogP contribution < -0.4 is 0 Å². The SMILES string of the molecule is CN(C)Cc1ccc2c(c1)c1ncnc(Cl)c1n2CC#N. The van der Waals surface area contributed by atoms with E-state index in [9.17, 15) is 0 Å². The van der Waals surface area contributed by atoms with Crippen LogP contribution >= 0.6 is 11.6 Å². The average molecular weight is 300 g/mol. The third kappa shape index (κ3) is 2.33. The molecule has 0 fully saturated rings. The van der Waals surface area contributed by atoms with Crippen molar-refractivity contribution in [3.05, 3.63) is 35.2 Å². The molecule has 0 aliphatic carbocycles. The lowest BCUT2D eigenvalue weighted by atomic mass is 10.1. The van der Waals surface area contributed by atoms with Crippen LogP contribution in [0.3, 0.4) is 0 Å². The van der Waals surface area contributed by atoms with Gasteiger partial charge in [0.15, 0.2) is 5.15 Å². The van der Waals surface area contributed by atoms with Crippen molar-refractivity contribution in [1.82, 2.24) is 19.4 Å². The van der Waals surface area contributed by atoms with Gasteiger partial charge in [-0.25, -0.2) is 9.97 Å². The summed E-state index contributed by atoms with van der Waals surface area (Å²) >= 11 is 6.20. The van der Waals surface area contributed by atoms with Gasteiger partial charge in [0.2, 0.25) is 0 Å². The number of aromatic nitrogens is 3. The summed E-state index contributed by atoms with van der Waals surface area (Å²) in [7, 11) is 4.06. The van der Waals surface area contributed by atoms with E-state index in [1.165, 1.54) is 11.9 Å². The Morgan fingerprint density at radius 2 is 2.14 bits per heavy atom. The number of halogens is 1. The van der Waals surface area contributed by atoms with Crippen LogP contribution in [-0.4, -0.2) is 33.5 Å². The van der Waals surface area contributed by atoms with Crippen molar-refractivity contribution in [2.75, 3.05) is 14.1 Å². The molecule has 0 saturated carbocycles. The number of nitrogens with zero attached hydrogens (tertiary/aromatic N) is 5. The number of nitriles is 1. The minimum Gasteiger partial charge on any atom is -0.323 e. The van der Waals surface area contributed by atoms with Crippen LogP contribution in [0.1, 0.15) is 5.56 Å². The molecule has 0 saturated heterocycles. The van der Waals surface area contributed by atoms with E-state index in [0.29, 0.717) is 5.15 Å². The smallest absolute Gasteiger partial charge is 0.156 e. The Kier molecular flexibility index (Phi) is 3.50. The van der Waals surface area contributed by atoms with E-state index in [1.807, 2.05) is 24.7 Å². The molecule has 5 nitrogen and oxygen atoms in total.